The van der Waals surface area contributed by atoms with E-state index in [0.717, 1.165) is 32.7 Å². The molecule has 0 unspecified atom stereocenters. The minimum Gasteiger partial charge on any atom is -0.332 e. The Balaban J connectivity index is 1.59. The van der Waals surface area contributed by atoms with Crippen LogP contribution in [0, 0.1) is 0 Å². The van der Waals surface area contributed by atoms with E-state index in [1.165, 1.54) is 4.90 Å². The number of nitrogens with one attached hydrogen (secondary N) is 2. The second-order valence-corrected chi connectivity index (χ2v) is 7.72. The SMILES string of the molecule is CC[NH+]1CCN(C(=O)CCN=C2NS(=O)(=O)c3ccccc32)CC1. The summed E-state index contributed by atoms with van der Waals surface area (Å²) in [7, 11) is -3.51. The van der Waals surface area contributed by atoms with Gasteiger partial charge in [-0.15, -0.1) is 0 Å². The molecule has 1 aromatic carbocycles. The Kier molecular flexibility index (Phi) is 4.86. The van der Waals surface area contributed by atoms with E-state index in [9.17, 15) is 13.2 Å². The molecule has 0 radical (unpaired) electrons. The molecule has 2 N–H and O–H groups in total. The maximum Gasteiger partial charge on any atom is 0.263 e. The highest BCUT2D eigenvalue weighted by Crippen LogP contribution is 2.22. The fourth-order valence-corrected chi connectivity index (χ4v) is 4.35. The second kappa shape index (κ2) is 6.90. The van der Waals surface area contributed by atoms with E-state index in [4.69, 9.17) is 0 Å². The lowest BCUT2D eigenvalue weighted by Gasteiger charge is -2.31. The van der Waals surface area contributed by atoms with Crippen LogP contribution in [-0.4, -0.2) is 64.3 Å². The van der Waals surface area contributed by atoms with E-state index in [2.05, 4.69) is 16.6 Å². The van der Waals surface area contributed by atoms with E-state index >= 15 is 0 Å². The molecule has 0 aliphatic carbocycles. The van der Waals surface area contributed by atoms with Gasteiger partial charge >= 0.3 is 0 Å². The maximum absolute atomic E-state index is 12.2. The maximum atomic E-state index is 12.2. The Morgan fingerprint density at radius 3 is 2.71 bits per heavy atom. The van der Waals surface area contributed by atoms with Gasteiger partial charge in [0.25, 0.3) is 10.0 Å². The fraction of sp³-hybridized carbons (Fsp3) is 0.500. The first kappa shape index (κ1) is 16.9. The van der Waals surface area contributed by atoms with Crippen LogP contribution < -0.4 is 9.62 Å². The number of carbonyl (C=O) groups is 1. The number of hydrogen-bond acceptors (Lipinski definition) is 4. The number of rotatable bonds is 4. The van der Waals surface area contributed by atoms with E-state index < -0.39 is 10.0 Å². The monoisotopic (exact) mass is 351 g/mol. The number of likely N-dealkylation sites (N-methyl/N-ethyl adjacent to an activating group) is 1. The Morgan fingerprint density at radius 1 is 1.29 bits per heavy atom. The summed E-state index contributed by atoms with van der Waals surface area (Å²) in [4.78, 5) is 20.2. The quantitative estimate of drug-likeness (QED) is 0.720. The van der Waals surface area contributed by atoms with Gasteiger partial charge in [-0.25, -0.2) is 8.42 Å². The first-order valence-electron chi connectivity index (χ1n) is 8.29. The van der Waals surface area contributed by atoms with Gasteiger partial charge in [0.15, 0.2) is 0 Å². The van der Waals surface area contributed by atoms with E-state index in [-0.39, 0.29) is 17.3 Å². The molecule has 3 rings (SSSR count). The summed E-state index contributed by atoms with van der Waals surface area (Å²) in [6.45, 7) is 7.08. The summed E-state index contributed by atoms with van der Waals surface area (Å²) in [6, 6.07) is 6.74. The number of hydrogen-bond donors (Lipinski definition) is 2. The number of benzene rings is 1. The van der Waals surface area contributed by atoms with Crippen molar-refractivity contribution in [2.24, 2.45) is 4.99 Å². The molecule has 1 saturated heterocycles. The largest absolute Gasteiger partial charge is 0.332 e. The highest BCUT2D eigenvalue weighted by atomic mass is 32.2. The summed E-state index contributed by atoms with van der Waals surface area (Å²) in [5, 5.41) is 0. The topological polar surface area (TPSA) is 83.3 Å². The van der Waals surface area contributed by atoms with Gasteiger partial charge in [-0.1, -0.05) is 12.1 Å². The number of sulfonamides is 1. The van der Waals surface area contributed by atoms with Crippen molar-refractivity contribution < 1.29 is 18.1 Å². The molecule has 2 aliphatic heterocycles. The number of amides is 1. The van der Waals surface area contributed by atoms with Gasteiger partial charge in [0.1, 0.15) is 5.84 Å². The molecule has 8 heteroatoms. The summed E-state index contributed by atoms with van der Waals surface area (Å²) in [5.41, 5.74) is 0.574. The van der Waals surface area contributed by atoms with Crippen molar-refractivity contribution in [3.63, 3.8) is 0 Å². The molecule has 2 heterocycles. The van der Waals surface area contributed by atoms with Crippen molar-refractivity contribution >= 4 is 21.8 Å². The molecule has 0 bridgehead atoms. The number of nitrogens with zero attached hydrogens (tertiary/aromatic N) is 2. The van der Waals surface area contributed by atoms with Crippen LogP contribution in [0.3, 0.4) is 0 Å². The van der Waals surface area contributed by atoms with Crippen LogP contribution in [0.4, 0.5) is 0 Å². The Labute approximate surface area is 142 Å². The zero-order chi connectivity index (χ0) is 17.2. The summed E-state index contributed by atoms with van der Waals surface area (Å²) < 4.78 is 26.5. The lowest BCUT2D eigenvalue weighted by Crippen LogP contribution is -3.14. The Bertz CT molecular complexity index is 752. The number of carbonyl (C=O) groups excluding carboxylic acids is 1. The van der Waals surface area contributed by atoms with Crippen LogP contribution in [0.1, 0.15) is 18.9 Å². The smallest absolute Gasteiger partial charge is 0.263 e. The van der Waals surface area contributed by atoms with Crippen molar-refractivity contribution in [2.75, 3.05) is 39.3 Å². The molecular formula is C16H23N4O3S+. The zero-order valence-corrected chi connectivity index (χ0v) is 14.6. The summed E-state index contributed by atoms with van der Waals surface area (Å²) >= 11 is 0. The second-order valence-electron chi connectivity index (χ2n) is 6.07. The standard InChI is InChI=1S/C16H22N4O3S/c1-2-19-9-11-20(12-10-19)15(21)7-8-17-16-13-5-3-4-6-14(13)24(22,23)18-16/h3-6H,2,7-12H2,1H3,(H,17,18)/p+1. The molecule has 0 aromatic heterocycles. The average Bonchev–Trinajstić information content (AvgIpc) is 2.86. The molecule has 7 nitrogen and oxygen atoms in total. The molecule has 0 saturated carbocycles. The first-order chi connectivity index (χ1) is 11.5. The molecule has 2 aliphatic rings. The van der Waals surface area contributed by atoms with Crippen LogP contribution in [-0.2, 0) is 14.8 Å². The third-order valence-corrected chi connectivity index (χ3v) is 5.98. The normalized spacial score (nSPS) is 21.5. The van der Waals surface area contributed by atoms with Crippen LogP contribution in [0.15, 0.2) is 34.2 Å². The molecule has 1 aromatic rings. The van der Waals surface area contributed by atoms with Crippen molar-refractivity contribution in [2.45, 2.75) is 18.2 Å². The summed E-state index contributed by atoms with van der Waals surface area (Å²) in [6.07, 6.45) is 0.300. The van der Waals surface area contributed by atoms with E-state index in [1.807, 2.05) is 4.90 Å². The van der Waals surface area contributed by atoms with Gasteiger partial charge in [-0.05, 0) is 19.1 Å². The highest BCUT2D eigenvalue weighted by molar-refractivity contribution is 7.90. The average molecular weight is 351 g/mol. The van der Waals surface area contributed by atoms with Gasteiger partial charge in [0.2, 0.25) is 5.91 Å². The number of aliphatic imine (C=N–C) groups is 1. The van der Waals surface area contributed by atoms with Gasteiger partial charge in [-0.3, -0.25) is 14.5 Å². The van der Waals surface area contributed by atoms with E-state index in [0.29, 0.717) is 17.8 Å². The molecular weight excluding hydrogens is 328 g/mol. The van der Waals surface area contributed by atoms with Crippen LogP contribution in [0.5, 0.6) is 0 Å². The molecule has 0 atom stereocenters. The Hall–Kier alpha value is -1.93. The number of piperazine rings is 1. The predicted molar refractivity (Wildman–Crippen MR) is 90.6 cm³/mol. The molecule has 24 heavy (non-hydrogen) atoms. The van der Waals surface area contributed by atoms with Crippen molar-refractivity contribution in [3.05, 3.63) is 29.8 Å². The number of quaternary nitrogens is 1. The molecule has 1 amide bonds. The van der Waals surface area contributed by atoms with Gasteiger partial charge in [-0.2, -0.15) is 0 Å². The highest BCUT2D eigenvalue weighted by Gasteiger charge is 2.30. The van der Waals surface area contributed by atoms with Crippen molar-refractivity contribution in [1.82, 2.24) is 9.62 Å². The third-order valence-electron chi connectivity index (χ3n) is 4.58. The number of amidine groups is 1. The predicted octanol–water partition coefficient (Wildman–Crippen LogP) is -1.14. The zero-order valence-electron chi connectivity index (χ0n) is 13.8. The number of fused-ring (bicyclic) bond motifs is 1. The van der Waals surface area contributed by atoms with Crippen molar-refractivity contribution in [3.8, 4) is 0 Å². The van der Waals surface area contributed by atoms with Gasteiger partial charge in [0, 0.05) is 12.0 Å². The van der Waals surface area contributed by atoms with E-state index in [1.54, 1.807) is 24.3 Å². The first-order valence-corrected chi connectivity index (χ1v) is 9.77. The molecule has 130 valence electrons. The van der Waals surface area contributed by atoms with Gasteiger partial charge < -0.3 is 9.80 Å². The Morgan fingerprint density at radius 2 is 2.00 bits per heavy atom. The third kappa shape index (κ3) is 3.44. The van der Waals surface area contributed by atoms with Crippen LogP contribution >= 0.6 is 0 Å². The lowest BCUT2D eigenvalue weighted by atomic mass is 10.2. The minimum atomic E-state index is -3.51. The van der Waals surface area contributed by atoms with Crippen LogP contribution in [0.25, 0.3) is 0 Å². The summed E-state index contributed by atoms with van der Waals surface area (Å²) in [5.74, 6) is 0.419. The lowest BCUT2D eigenvalue weighted by molar-refractivity contribution is -0.902. The molecule has 0 spiro atoms. The molecule has 1 fully saturated rings. The van der Waals surface area contributed by atoms with Crippen LogP contribution in [0.2, 0.25) is 0 Å². The minimum absolute atomic E-state index is 0.0867. The van der Waals surface area contributed by atoms with Gasteiger partial charge in [0.05, 0.1) is 44.2 Å². The fourth-order valence-electron chi connectivity index (χ4n) is 3.10. The van der Waals surface area contributed by atoms with Crippen molar-refractivity contribution in [1.29, 1.82) is 0 Å².